The molecule has 1 N–H and O–H groups in total. The molecule has 0 spiro atoms. The number of rotatable bonds is 4. The second kappa shape index (κ2) is 4.89. The van der Waals surface area contributed by atoms with Crippen molar-refractivity contribution in [2.24, 2.45) is 0 Å². The summed E-state index contributed by atoms with van der Waals surface area (Å²) < 4.78 is 7.04. The van der Waals surface area contributed by atoms with Crippen LogP contribution in [0.2, 0.25) is 0 Å². The molecule has 0 aromatic carbocycles. The van der Waals surface area contributed by atoms with E-state index in [1.807, 2.05) is 13.0 Å². The third kappa shape index (κ3) is 2.30. The molecule has 0 aliphatic carbocycles. The topological polar surface area (TPSA) is 81.7 Å². The van der Waals surface area contributed by atoms with E-state index in [0.29, 0.717) is 23.5 Å². The molecular formula is C12H12N6O. The van der Waals surface area contributed by atoms with Crippen LogP contribution in [0.1, 0.15) is 6.92 Å². The monoisotopic (exact) mass is 256 g/mol. The van der Waals surface area contributed by atoms with Crippen molar-refractivity contribution in [1.82, 2.24) is 24.5 Å². The normalized spacial score (nSPS) is 10.6. The molecule has 0 saturated carbocycles. The van der Waals surface area contributed by atoms with Gasteiger partial charge in [-0.05, 0) is 19.1 Å². The maximum absolute atomic E-state index is 5.32. The van der Waals surface area contributed by atoms with Crippen molar-refractivity contribution in [2.45, 2.75) is 6.92 Å². The zero-order chi connectivity index (χ0) is 13.1. The number of nitrogens with one attached hydrogen (secondary N) is 1. The molecular weight excluding hydrogens is 244 g/mol. The Bertz CT molecular complexity index is 594. The number of hydrogen-bond acceptors (Lipinski definition) is 6. The van der Waals surface area contributed by atoms with E-state index in [0.717, 1.165) is 6.54 Å². The molecule has 0 bridgehead atoms. The van der Waals surface area contributed by atoms with Crippen LogP contribution in [0.15, 0.2) is 41.5 Å². The Balaban J connectivity index is 2.09. The Morgan fingerprint density at radius 1 is 1.32 bits per heavy atom. The summed E-state index contributed by atoms with van der Waals surface area (Å²) in [6, 6.07) is 3.60. The molecule has 3 rings (SSSR count). The van der Waals surface area contributed by atoms with Gasteiger partial charge in [0.15, 0.2) is 5.76 Å². The van der Waals surface area contributed by atoms with E-state index in [-0.39, 0.29) is 0 Å². The lowest BCUT2D eigenvalue weighted by atomic mass is 10.4. The summed E-state index contributed by atoms with van der Waals surface area (Å²) in [5, 5.41) is 3.07. The Kier molecular flexibility index (Phi) is 2.93. The summed E-state index contributed by atoms with van der Waals surface area (Å²) in [4.78, 5) is 17.0. The van der Waals surface area contributed by atoms with Crippen LogP contribution in [0.3, 0.4) is 0 Å². The number of anilines is 1. The van der Waals surface area contributed by atoms with Crippen LogP contribution < -0.4 is 5.32 Å². The van der Waals surface area contributed by atoms with Gasteiger partial charge in [-0.3, -0.25) is 4.57 Å². The lowest BCUT2D eigenvalue weighted by Gasteiger charge is -2.06. The van der Waals surface area contributed by atoms with Gasteiger partial charge < -0.3 is 9.73 Å². The van der Waals surface area contributed by atoms with Crippen molar-refractivity contribution >= 4 is 5.95 Å². The first kappa shape index (κ1) is 11.4. The van der Waals surface area contributed by atoms with Gasteiger partial charge in [0.2, 0.25) is 17.7 Å². The Morgan fingerprint density at radius 2 is 2.26 bits per heavy atom. The Hall–Kier alpha value is -2.70. The quantitative estimate of drug-likeness (QED) is 0.765. The summed E-state index contributed by atoms with van der Waals surface area (Å²) in [5.74, 6) is 2.09. The minimum absolute atomic E-state index is 0.486. The molecule has 0 aliphatic rings. The Labute approximate surface area is 109 Å². The number of imidazole rings is 1. The largest absolute Gasteiger partial charge is 0.461 e. The molecule has 0 amide bonds. The minimum atomic E-state index is 0.486. The fourth-order valence-corrected chi connectivity index (χ4v) is 1.61. The van der Waals surface area contributed by atoms with Gasteiger partial charge in [-0.2, -0.15) is 15.0 Å². The fourth-order valence-electron chi connectivity index (χ4n) is 1.61. The van der Waals surface area contributed by atoms with Crippen LogP contribution in [0.25, 0.3) is 17.5 Å². The van der Waals surface area contributed by atoms with Crippen molar-refractivity contribution in [2.75, 3.05) is 11.9 Å². The second-order valence-electron chi connectivity index (χ2n) is 3.76. The van der Waals surface area contributed by atoms with Gasteiger partial charge >= 0.3 is 0 Å². The molecule has 0 fully saturated rings. The summed E-state index contributed by atoms with van der Waals surface area (Å²) in [7, 11) is 0. The predicted molar refractivity (Wildman–Crippen MR) is 68.8 cm³/mol. The highest BCUT2D eigenvalue weighted by Crippen LogP contribution is 2.17. The third-order valence-corrected chi connectivity index (χ3v) is 2.44. The molecule has 0 aliphatic heterocycles. The number of aromatic nitrogens is 5. The van der Waals surface area contributed by atoms with Crippen LogP contribution in [-0.4, -0.2) is 31.0 Å². The molecule has 0 unspecified atom stereocenters. The molecule has 3 aromatic rings. The molecule has 3 aromatic heterocycles. The van der Waals surface area contributed by atoms with Crippen molar-refractivity contribution in [3.63, 3.8) is 0 Å². The highest BCUT2D eigenvalue weighted by atomic mass is 16.3. The van der Waals surface area contributed by atoms with Gasteiger partial charge in [0, 0.05) is 18.9 Å². The molecule has 7 nitrogen and oxygen atoms in total. The van der Waals surface area contributed by atoms with Crippen LogP contribution >= 0.6 is 0 Å². The van der Waals surface area contributed by atoms with Gasteiger partial charge in [0.05, 0.1) is 6.26 Å². The molecule has 0 radical (unpaired) electrons. The predicted octanol–water partition coefficient (Wildman–Crippen LogP) is 1.75. The van der Waals surface area contributed by atoms with E-state index in [1.165, 1.54) is 0 Å². The average molecular weight is 256 g/mol. The highest BCUT2D eigenvalue weighted by Gasteiger charge is 2.11. The summed E-state index contributed by atoms with van der Waals surface area (Å²) in [6.07, 6.45) is 6.67. The lowest BCUT2D eigenvalue weighted by Crippen LogP contribution is -2.08. The van der Waals surface area contributed by atoms with Crippen molar-refractivity contribution in [3.8, 4) is 17.5 Å². The van der Waals surface area contributed by atoms with Gasteiger partial charge in [0.1, 0.15) is 6.33 Å². The maximum Gasteiger partial charge on any atom is 0.240 e. The summed E-state index contributed by atoms with van der Waals surface area (Å²) in [5.41, 5.74) is 0. The minimum Gasteiger partial charge on any atom is -0.461 e. The van der Waals surface area contributed by atoms with E-state index in [2.05, 4.69) is 25.3 Å². The molecule has 0 atom stereocenters. The van der Waals surface area contributed by atoms with E-state index >= 15 is 0 Å². The fraction of sp³-hybridized carbons (Fsp3) is 0.167. The van der Waals surface area contributed by atoms with E-state index in [1.54, 1.807) is 35.6 Å². The first-order valence-electron chi connectivity index (χ1n) is 5.89. The van der Waals surface area contributed by atoms with Gasteiger partial charge in [-0.25, -0.2) is 4.98 Å². The highest BCUT2D eigenvalue weighted by molar-refractivity contribution is 5.49. The van der Waals surface area contributed by atoms with Crippen LogP contribution in [0.5, 0.6) is 0 Å². The third-order valence-electron chi connectivity index (χ3n) is 2.44. The number of hydrogen-bond donors (Lipinski definition) is 1. The van der Waals surface area contributed by atoms with Crippen molar-refractivity contribution in [3.05, 3.63) is 37.1 Å². The van der Waals surface area contributed by atoms with Gasteiger partial charge in [-0.1, -0.05) is 0 Å². The number of nitrogens with zero attached hydrogens (tertiary/aromatic N) is 5. The molecule has 19 heavy (non-hydrogen) atoms. The Morgan fingerprint density at radius 3 is 2.95 bits per heavy atom. The van der Waals surface area contributed by atoms with Gasteiger partial charge in [0.25, 0.3) is 0 Å². The maximum atomic E-state index is 5.32. The standard InChI is InChI=1S/C12H12N6O/c1-2-14-11-15-10(9-4-3-7-19-9)16-12(17-11)18-6-5-13-8-18/h3-8H,2H2,1H3,(H,14,15,16,17). The van der Waals surface area contributed by atoms with E-state index < -0.39 is 0 Å². The average Bonchev–Trinajstić information content (AvgIpc) is 3.12. The molecule has 0 saturated heterocycles. The molecule has 3 heterocycles. The van der Waals surface area contributed by atoms with Crippen molar-refractivity contribution in [1.29, 1.82) is 0 Å². The smallest absolute Gasteiger partial charge is 0.240 e. The first-order chi connectivity index (χ1) is 9.36. The number of furan rings is 1. The summed E-state index contributed by atoms with van der Waals surface area (Å²) in [6.45, 7) is 2.71. The zero-order valence-electron chi connectivity index (χ0n) is 10.3. The second-order valence-corrected chi connectivity index (χ2v) is 3.76. The van der Waals surface area contributed by atoms with Gasteiger partial charge in [-0.15, -0.1) is 0 Å². The van der Waals surface area contributed by atoms with Crippen LogP contribution in [0.4, 0.5) is 5.95 Å². The van der Waals surface area contributed by atoms with Crippen LogP contribution in [0, 0.1) is 0 Å². The first-order valence-corrected chi connectivity index (χ1v) is 5.89. The zero-order valence-corrected chi connectivity index (χ0v) is 10.3. The summed E-state index contributed by atoms with van der Waals surface area (Å²) >= 11 is 0. The van der Waals surface area contributed by atoms with Crippen LogP contribution in [-0.2, 0) is 0 Å². The molecule has 96 valence electrons. The SMILES string of the molecule is CCNc1nc(-c2ccco2)nc(-n2ccnc2)n1. The molecule has 7 heteroatoms. The van der Waals surface area contributed by atoms with Crippen molar-refractivity contribution < 1.29 is 4.42 Å². The van der Waals surface area contributed by atoms with E-state index in [9.17, 15) is 0 Å². The van der Waals surface area contributed by atoms with E-state index in [4.69, 9.17) is 4.42 Å². The lowest BCUT2D eigenvalue weighted by molar-refractivity contribution is 0.576.